The molecule has 1 N–H and O–H groups in total. The van der Waals surface area contributed by atoms with E-state index in [1.54, 1.807) is 4.52 Å². The number of hydrogen-bond acceptors (Lipinski definition) is 4. The molecule has 110 valence electrons. The maximum absolute atomic E-state index is 12.8. The van der Waals surface area contributed by atoms with Crippen LogP contribution in [0.25, 0.3) is 5.78 Å². The molecule has 0 unspecified atom stereocenters. The van der Waals surface area contributed by atoms with E-state index in [2.05, 4.69) is 20.4 Å². The first-order valence-corrected chi connectivity index (χ1v) is 6.95. The summed E-state index contributed by atoms with van der Waals surface area (Å²) >= 11 is 0. The number of rotatable bonds is 2. The molecule has 1 atom stereocenters. The summed E-state index contributed by atoms with van der Waals surface area (Å²) in [6, 6.07) is 1.45. The highest BCUT2D eigenvalue weighted by Gasteiger charge is 2.22. The van der Waals surface area contributed by atoms with Crippen molar-refractivity contribution in [2.45, 2.75) is 39.0 Å². The van der Waals surface area contributed by atoms with Gasteiger partial charge in [-0.15, -0.1) is 0 Å². The standard InChI is InChI=1S/C11H13F2N5.C2H6/c12-10(13)8-4-9(7-2-1-3-14-5-7)18-11(17-8)15-6-16-18;1-2/h4,6-7,10,14H,1-3,5H2;1-2H3/t7-;/m1./s1. The Morgan fingerprint density at radius 1 is 1.40 bits per heavy atom. The second-order valence-electron chi connectivity index (χ2n) is 4.42. The summed E-state index contributed by atoms with van der Waals surface area (Å²) in [5.74, 6) is 0.428. The summed E-state index contributed by atoms with van der Waals surface area (Å²) in [5.41, 5.74) is 0.538. The van der Waals surface area contributed by atoms with Crippen molar-refractivity contribution in [3.63, 3.8) is 0 Å². The van der Waals surface area contributed by atoms with Crippen molar-refractivity contribution in [1.82, 2.24) is 24.9 Å². The highest BCUT2D eigenvalue weighted by molar-refractivity contribution is 5.32. The van der Waals surface area contributed by atoms with E-state index in [0.717, 1.165) is 31.6 Å². The fourth-order valence-electron chi connectivity index (χ4n) is 2.36. The average Bonchev–Trinajstić information content (AvgIpc) is 2.97. The molecule has 1 saturated heterocycles. The zero-order chi connectivity index (χ0) is 14.5. The molecule has 1 aliphatic heterocycles. The Morgan fingerprint density at radius 3 is 2.85 bits per heavy atom. The quantitative estimate of drug-likeness (QED) is 0.920. The van der Waals surface area contributed by atoms with Gasteiger partial charge in [0.2, 0.25) is 0 Å². The van der Waals surface area contributed by atoms with Crippen molar-refractivity contribution in [1.29, 1.82) is 0 Å². The van der Waals surface area contributed by atoms with E-state index in [1.165, 1.54) is 12.4 Å². The monoisotopic (exact) mass is 283 g/mol. The van der Waals surface area contributed by atoms with E-state index >= 15 is 0 Å². The molecule has 2 aromatic rings. The largest absolute Gasteiger partial charge is 0.316 e. The van der Waals surface area contributed by atoms with E-state index in [1.807, 2.05) is 13.8 Å². The Morgan fingerprint density at radius 2 is 2.20 bits per heavy atom. The summed E-state index contributed by atoms with van der Waals surface area (Å²) in [6.07, 6.45) is 0.765. The third-order valence-corrected chi connectivity index (χ3v) is 3.24. The lowest BCUT2D eigenvalue weighted by Gasteiger charge is -2.23. The fourth-order valence-corrected chi connectivity index (χ4v) is 2.36. The Bertz CT molecular complexity index is 549. The van der Waals surface area contributed by atoms with Gasteiger partial charge in [0.25, 0.3) is 12.2 Å². The van der Waals surface area contributed by atoms with Crippen molar-refractivity contribution in [3.05, 3.63) is 23.8 Å². The van der Waals surface area contributed by atoms with Crippen LogP contribution in [-0.4, -0.2) is 32.7 Å². The molecule has 0 saturated carbocycles. The van der Waals surface area contributed by atoms with Crippen LogP contribution in [0.15, 0.2) is 12.4 Å². The first-order chi connectivity index (χ1) is 9.75. The molecule has 1 fully saturated rings. The van der Waals surface area contributed by atoms with Gasteiger partial charge in [-0.1, -0.05) is 13.8 Å². The average molecular weight is 283 g/mol. The lowest BCUT2D eigenvalue weighted by molar-refractivity contribution is 0.146. The topological polar surface area (TPSA) is 55.1 Å². The number of aromatic nitrogens is 4. The first-order valence-electron chi connectivity index (χ1n) is 6.95. The van der Waals surface area contributed by atoms with Gasteiger partial charge in [-0.25, -0.2) is 18.3 Å². The minimum atomic E-state index is -2.58. The summed E-state index contributed by atoms with van der Waals surface area (Å²) in [6.45, 7) is 5.76. The molecule has 3 heterocycles. The molecule has 1 aliphatic rings. The summed E-state index contributed by atoms with van der Waals surface area (Å²) < 4.78 is 27.2. The number of piperidine rings is 1. The Labute approximate surface area is 116 Å². The van der Waals surface area contributed by atoms with Crippen molar-refractivity contribution in [3.8, 4) is 0 Å². The number of alkyl halides is 2. The van der Waals surface area contributed by atoms with Gasteiger partial charge in [-0.2, -0.15) is 10.1 Å². The SMILES string of the molecule is CC.FC(F)c1cc([C@@H]2CCCNC2)n2ncnc2n1. The number of nitrogens with zero attached hydrogens (tertiary/aromatic N) is 4. The van der Waals surface area contributed by atoms with Crippen LogP contribution in [0.3, 0.4) is 0 Å². The molecule has 0 amide bonds. The minimum Gasteiger partial charge on any atom is -0.316 e. The third-order valence-electron chi connectivity index (χ3n) is 3.24. The van der Waals surface area contributed by atoms with Gasteiger partial charge < -0.3 is 5.32 Å². The van der Waals surface area contributed by atoms with Gasteiger partial charge >= 0.3 is 0 Å². The Hall–Kier alpha value is -1.63. The molecule has 3 rings (SSSR count). The Kier molecular flexibility index (Phi) is 4.94. The maximum atomic E-state index is 12.8. The lowest BCUT2D eigenvalue weighted by Crippen LogP contribution is -2.29. The molecule has 0 radical (unpaired) electrons. The molecule has 20 heavy (non-hydrogen) atoms. The predicted octanol–water partition coefficient (Wildman–Crippen LogP) is 2.56. The molecule has 0 aromatic carbocycles. The van der Waals surface area contributed by atoms with E-state index in [-0.39, 0.29) is 17.4 Å². The van der Waals surface area contributed by atoms with Gasteiger partial charge in [-0.05, 0) is 25.5 Å². The van der Waals surface area contributed by atoms with Gasteiger partial charge in [0, 0.05) is 12.5 Å². The lowest BCUT2D eigenvalue weighted by atomic mass is 9.95. The van der Waals surface area contributed by atoms with Gasteiger partial charge in [0.15, 0.2) is 0 Å². The third kappa shape index (κ3) is 2.92. The highest BCUT2D eigenvalue weighted by Crippen LogP contribution is 2.26. The van der Waals surface area contributed by atoms with Crippen LogP contribution in [0.2, 0.25) is 0 Å². The van der Waals surface area contributed by atoms with Crippen LogP contribution < -0.4 is 5.32 Å². The van der Waals surface area contributed by atoms with Crippen molar-refractivity contribution in [2.24, 2.45) is 0 Å². The summed E-state index contributed by atoms with van der Waals surface area (Å²) in [5, 5.41) is 7.33. The van der Waals surface area contributed by atoms with Gasteiger partial charge in [0.1, 0.15) is 12.0 Å². The van der Waals surface area contributed by atoms with E-state index in [9.17, 15) is 8.78 Å². The van der Waals surface area contributed by atoms with Gasteiger partial charge in [-0.3, -0.25) is 0 Å². The van der Waals surface area contributed by atoms with Crippen LogP contribution in [0.5, 0.6) is 0 Å². The number of hydrogen-bond donors (Lipinski definition) is 1. The molecule has 0 spiro atoms. The zero-order valence-electron chi connectivity index (χ0n) is 11.7. The van der Waals surface area contributed by atoms with E-state index in [4.69, 9.17) is 0 Å². The highest BCUT2D eigenvalue weighted by atomic mass is 19.3. The molecule has 7 heteroatoms. The molecule has 0 aliphatic carbocycles. The smallest absolute Gasteiger partial charge is 0.280 e. The molecule has 0 bridgehead atoms. The van der Waals surface area contributed by atoms with Crippen LogP contribution in [0, 0.1) is 0 Å². The van der Waals surface area contributed by atoms with Crippen LogP contribution in [-0.2, 0) is 0 Å². The van der Waals surface area contributed by atoms with Crippen LogP contribution >= 0.6 is 0 Å². The van der Waals surface area contributed by atoms with Crippen molar-refractivity contribution < 1.29 is 8.78 Å². The van der Waals surface area contributed by atoms with Crippen molar-refractivity contribution in [2.75, 3.05) is 13.1 Å². The molecular weight excluding hydrogens is 264 g/mol. The number of nitrogens with one attached hydrogen (secondary N) is 1. The fraction of sp³-hybridized carbons (Fsp3) is 0.615. The van der Waals surface area contributed by atoms with E-state index in [0.29, 0.717) is 0 Å². The minimum absolute atomic E-state index is 0.184. The maximum Gasteiger partial charge on any atom is 0.280 e. The van der Waals surface area contributed by atoms with E-state index < -0.39 is 6.43 Å². The molecule has 2 aromatic heterocycles. The van der Waals surface area contributed by atoms with Crippen molar-refractivity contribution >= 4 is 5.78 Å². The zero-order valence-corrected chi connectivity index (χ0v) is 11.7. The Balaban J connectivity index is 0.000000704. The second-order valence-corrected chi connectivity index (χ2v) is 4.42. The number of fused-ring (bicyclic) bond motifs is 1. The summed E-state index contributed by atoms with van der Waals surface area (Å²) in [7, 11) is 0. The summed E-state index contributed by atoms with van der Waals surface area (Å²) in [4.78, 5) is 7.71. The molecule has 5 nitrogen and oxygen atoms in total. The number of halogens is 2. The second kappa shape index (κ2) is 6.69. The predicted molar refractivity (Wildman–Crippen MR) is 71.9 cm³/mol. The van der Waals surface area contributed by atoms with Crippen LogP contribution in [0.1, 0.15) is 50.4 Å². The van der Waals surface area contributed by atoms with Crippen LogP contribution in [0.4, 0.5) is 8.78 Å². The normalized spacial score (nSPS) is 18.9. The first kappa shape index (κ1) is 14.8. The van der Waals surface area contributed by atoms with Gasteiger partial charge in [0.05, 0.1) is 5.69 Å². The molecular formula is C13H19F2N5.